The summed E-state index contributed by atoms with van der Waals surface area (Å²) in [6.07, 6.45) is -3.81. The van der Waals surface area contributed by atoms with E-state index in [1.165, 1.54) is 18.2 Å². The highest BCUT2D eigenvalue weighted by molar-refractivity contribution is 5.92. The minimum absolute atomic E-state index is 0.0153. The molecule has 0 spiro atoms. The Balaban J connectivity index is 1.63. The number of halogens is 3. The first kappa shape index (κ1) is 24.0. The first-order valence-corrected chi connectivity index (χ1v) is 10.8. The van der Waals surface area contributed by atoms with Crippen LogP contribution in [0.25, 0.3) is 11.1 Å². The van der Waals surface area contributed by atoms with E-state index in [4.69, 9.17) is 11.5 Å². The molecule has 4 rings (SSSR count). The van der Waals surface area contributed by atoms with Gasteiger partial charge < -0.3 is 21.7 Å². The maximum Gasteiger partial charge on any atom is 0.416 e. The second-order valence-corrected chi connectivity index (χ2v) is 8.26. The highest BCUT2D eigenvalue weighted by atomic mass is 19.4. The van der Waals surface area contributed by atoms with E-state index in [0.717, 1.165) is 28.8 Å². The third-order valence-corrected chi connectivity index (χ3v) is 5.83. The number of primary amides is 2. The van der Waals surface area contributed by atoms with Crippen molar-refractivity contribution < 1.29 is 22.8 Å². The molecule has 3 aromatic rings. The molecule has 182 valence electrons. The number of hydrogen-bond acceptors (Lipinski definition) is 6. The number of amides is 2. The molecule has 2 aromatic carbocycles. The number of nitrogens with one attached hydrogen (secondary N) is 1. The predicted molar refractivity (Wildman–Crippen MR) is 124 cm³/mol. The zero-order chi connectivity index (χ0) is 25.3. The summed E-state index contributed by atoms with van der Waals surface area (Å²) in [4.78, 5) is 33.8. The van der Waals surface area contributed by atoms with Gasteiger partial charge in [-0.05, 0) is 47.7 Å². The van der Waals surface area contributed by atoms with Gasteiger partial charge in [-0.3, -0.25) is 9.59 Å². The van der Waals surface area contributed by atoms with Crippen LogP contribution in [-0.2, 0) is 23.9 Å². The lowest BCUT2D eigenvalue weighted by Gasteiger charge is -2.30. The van der Waals surface area contributed by atoms with Gasteiger partial charge in [-0.25, -0.2) is 4.98 Å². The normalized spacial score (nSPS) is 14.2. The largest absolute Gasteiger partial charge is 0.416 e. The molecule has 1 aliphatic heterocycles. The fraction of sp³-hybridized carbons (Fsp3) is 0.250. The van der Waals surface area contributed by atoms with Crippen molar-refractivity contribution in [3.63, 3.8) is 0 Å². The van der Waals surface area contributed by atoms with E-state index >= 15 is 0 Å². The average Bonchev–Trinajstić information content (AvgIpc) is 2.82. The quantitative estimate of drug-likeness (QED) is 0.493. The van der Waals surface area contributed by atoms with E-state index in [-0.39, 0.29) is 17.5 Å². The summed E-state index contributed by atoms with van der Waals surface area (Å²) in [7, 11) is 0. The van der Waals surface area contributed by atoms with Crippen molar-refractivity contribution in [2.75, 3.05) is 16.8 Å². The smallest absolute Gasteiger partial charge is 0.368 e. The molecule has 1 aliphatic rings. The lowest BCUT2D eigenvalue weighted by molar-refractivity contribution is -0.137. The number of nitrogens with two attached hydrogens (primary N) is 2. The molecule has 2 heterocycles. The van der Waals surface area contributed by atoms with Crippen molar-refractivity contribution in [2.24, 2.45) is 11.5 Å². The van der Waals surface area contributed by atoms with Gasteiger partial charge in [0.15, 0.2) is 0 Å². The van der Waals surface area contributed by atoms with Crippen molar-refractivity contribution in [2.45, 2.75) is 32.1 Å². The van der Waals surface area contributed by atoms with Crippen LogP contribution in [0, 0.1) is 0 Å². The molecule has 1 unspecified atom stereocenters. The number of aromatic nitrogens is 2. The van der Waals surface area contributed by atoms with E-state index < -0.39 is 29.6 Å². The van der Waals surface area contributed by atoms with Crippen molar-refractivity contribution in [3.8, 4) is 11.1 Å². The lowest BCUT2D eigenvalue weighted by Crippen LogP contribution is -2.35. The topological polar surface area (TPSA) is 127 Å². The van der Waals surface area contributed by atoms with Gasteiger partial charge in [0.2, 0.25) is 11.9 Å². The van der Waals surface area contributed by atoms with Gasteiger partial charge in [0, 0.05) is 19.2 Å². The van der Waals surface area contributed by atoms with Gasteiger partial charge >= 0.3 is 6.18 Å². The van der Waals surface area contributed by atoms with E-state index in [1.807, 2.05) is 23.1 Å². The van der Waals surface area contributed by atoms with Crippen molar-refractivity contribution >= 4 is 23.6 Å². The van der Waals surface area contributed by atoms with Gasteiger partial charge in [0.25, 0.3) is 5.91 Å². The molecule has 5 N–H and O–H groups in total. The Morgan fingerprint density at radius 2 is 1.80 bits per heavy atom. The fourth-order valence-corrected chi connectivity index (χ4v) is 3.96. The van der Waals surface area contributed by atoms with Crippen LogP contribution in [0.1, 0.15) is 34.1 Å². The van der Waals surface area contributed by atoms with Crippen LogP contribution in [0.5, 0.6) is 0 Å². The predicted octanol–water partition coefficient (Wildman–Crippen LogP) is 3.11. The van der Waals surface area contributed by atoms with Gasteiger partial charge in [0.05, 0.1) is 5.56 Å². The van der Waals surface area contributed by atoms with Crippen LogP contribution in [0.15, 0.2) is 48.5 Å². The second-order valence-electron chi connectivity index (χ2n) is 8.26. The van der Waals surface area contributed by atoms with Gasteiger partial charge in [-0.2, -0.15) is 18.2 Å². The summed E-state index contributed by atoms with van der Waals surface area (Å²) >= 11 is 0. The minimum Gasteiger partial charge on any atom is -0.368 e. The summed E-state index contributed by atoms with van der Waals surface area (Å²) in [5, 5.41) is 2.84. The van der Waals surface area contributed by atoms with Crippen molar-refractivity contribution in [1.82, 2.24) is 9.97 Å². The number of hydrogen-bond donors (Lipinski definition) is 3. The molecule has 35 heavy (non-hydrogen) atoms. The van der Waals surface area contributed by atoms with E-state index in [2.05, 4.69) is 15.3 Å². The van der Waals surface area contributed by atoms with Crippen molar-refractivity contribution in [1.29, 1.82) is 0 Å². The number of carbonyl (C=O) groups excluding carboxylic acids is 2. The van der Waals surface area contributed by atoms with Gasteiger partial charge in [-0.1, -0.05) is 30.3 Å². The number of fused-ring (bicyclic) bond motifs is 1. The Bertz CT molecular complexity index is 1280. The lowest BCUT2D eigenvalue weighted by atomic mass is 9.90. The maximum atomic E-state index is 12.9. The Morgan fingerprint density at radius 3 is 2.43 bits per heavy atom. The van der Waals surface area contributed by atoms with E-state index in [9.17, 15) is 22.8 Å². The number of benzene rings is 2. The summed E-state index contributed by atoms with van der Waals surface area (Å²) in [6, 6.07) is 11.4. The molecule has 2 amide bonds. The Morgan fingerprint density at radius 1 is 1.09 bits per heavy atom. The molecule has 1 aromatic heterocycles. The number of anilines is 2. The van der Waals surface area contributed by atoms with Crippen molar-refractivity contribution in [3.05, 3.63) is 70.9 Å². The first-order chi connectivity index (χ1) is 16.5. The molecular weight excluding hydrogens is 461 g/mol. The number of rotatable bonds is 6. The third kappa shape index (κ3) is 5.18. The first-order valence-electron chi connectivity index (χ1n) is 10.8. The Hall–Kier alpha value is -4.15. The highest BCUT2D eigenvalue weighted by Crippen LogP contribution is 2.34. The summed E-state index contributed by atoms with van der Waals surface area (Å²) in [5.74, 6) is -0.843. The SMILES string of the molecule is CC(Nc1cc(C(N)=O)nc(N2CCc3c(cccc3-c3ccc(C(F)(F)F)cc3)C2)n1)C(N)=O. The van der Waals surface area contributed by atoms with Crippen LogP contribution >= 0.6 is 0 Å². The number of carbonyl (C=O) groups is 2. The van der Waals surface area contributed by atoms with Gasteiger partial charge in [-0.15, -0.1) is 0 Å². The maximum absolute atomic E-state index is 12.9. The Labute approximate surface area is 199 Å². The van der Waals surface area contributed by atoms with Crippen LogP contribution < -0.4 is 21.7 Å². The molecule has 0 saturated carbocycles. The standard InChI is InChI=1S/C24H23F3N6O2/c1-13(21(28)34)30-20-11-19(22(29)35)31-23(32-20)33-10-9-18-15(12-33)3-2-4-17(18)14-5-7-16(8-6-14)24(25,26)27/h2-8,11,13H,9-10,12H2,1H3,(H2,28,34)(H2,29,35)(H,30,31,32). The second kappa shape index (κ2) is 9.24. The monoisotopic (exact) mass is 484 g/mol. The third-order valence-electron chi connectivity index (χ3n) is 5.83. The van der Waals surface area contributed by atoms with E-state index in [1.54, 1.807) is 6.92 Å². The van der Waals surface area contributed by atoms with Crippen LogP contribution in [-0.4, -0.2) is 34.4 Å². The molecule has 1 atom stereocenters. The molecule has 0 bridgehead atoms. The molecule has 0 aliphatic carbocycles. The summed E-state index contributed by atoms with van der Waals surface area (Å²) in [5.41, 5.74) is 13.6. The minimum atomic E-state index is -4.39. The van der Waals surface area contributed by atoms with E-state index in [0.29, 0.717) is 25.1 Å². The highest BCUT2D eigenvalue weighted by Gasteiger charge is 2.30. The molecule has 0 radical (unpaired) electrons. The Kier molecular flexibility index (Phi) is 6.33. The number of nitrogens with zero attached hydrogens (tertiary/aromatic N) is 3. The molecule has 0 saturated heterocycles. The van der Waals surface area contributed by atoms with Gasteiger partial charge in [0.1, 0.15) is 17.6 Å². The van der Waals surface area contributed by atoms with Crippen LogP contribution in [0.2, 0.25) is 0 Å². The fourth-order valence-electron chi connectivity index (χ4n) is 3.96. The molecule has 0 fully saturated rings. The average molecular weight is 484 g/mol. The molecular formula is C24H23F3N6O2. The zero-order valence-corrected chi connectivity index (χ0v) is 18.8. The molecule has 8 nitrogen and oxygen atoms in total. The molecule has 11 heteroatoms. The zero-order valence-electron chi connectivity index (χ0n) is 18.8. The van der Waals surface area contributed by atoms with Crippen LogP contribution in [0.4, 0.5) is 24.9 Å². The van der Waals surface area contributed by atoms with Crippen LogP contribution in [0.3, 0.4) is 0 Å². The summed E-state index contributed by atoms with van der Waals surface area (Å²) < 4.78 is 38.8. The summed E-state index contributed by atoms with van der Waals surface area (Å²) in [6.45, 7) is 2.47. The number of alkyl halides is 3.